The van der Waals surface area contributed by atoms with E-state index in [1.807, 2.05) is 25.1 Å². The van der Waals surface area contributed by atoms with Crippen LogP contribution in [0.3, 0.4) is 0 Å². The number of benzene rings is 1. The molecule has 2 aromatic rings. The monoisotopic (exact) mass is 407 g/mol. The van der Waals surface area contributed by atoms with Gasteiger partial charge in [0.05, 0.1) is 25.3 Å². The predicted octanol–water partition coefficient (Wildman–Crippen LogP) is 0.929. The molecule has 0 bridgehead atoms. The minimum absolute atomic E-state index is 0.00209. The van der Waals surface area contributed by atoms with E-state index in [-0.39, 0.29) is 5.57 Å². The van der Waals surface area contributed by atoms with Gasteiger partial charge in [-0.05, 0) is 38.5 Å². The Morgan fingerprint density at radius 1 is 1.10 bits per heavy atom. The first-order valence-electron chi connectivity index (χ1n) is 10.6. The molecule has 3 rings (SSSR count). The highest BCUT2D eigenvalue weighted by Gasteiger charge is 2.44. The molecule has 1 atom stereocenters. The van der Waals surface area contributed by atoms with Gasteiger partial charge in [0.15, 0.2) is 0 Å². The van der Waals surface area contributed by atoms with Gasteiger partial charge in [0.1, 0.15) is 6.04 Å². The van der Waals surface area contributed by atoms with Crippen molar-refractivity contribution in [3.8, 4) is 0 Å². The summed E-state index contributed by atoms with van der Waals surface area (Å²) in [5, 5.41) is 13.2. The Labute approximate surface area is 177 Å². The van der Waals surface area contributed by atoms with Crippen LogP contribution in [0.4, 0.5) is 0 Å². The van der Waals surface area contributed by atoms with Crippen molar-refractivity contribution in [2.45, 2.75) is 33.2 Å². The molecule has 1 aromatic heterocycles. The number of likely N-dealkylation sites (tertiary alicyclic amines) is 1. The zero-order valence-electron chi connectivity index (χ0n) is 17.9. The number of quaternary nitrogens is 1. The zero-order valence-corrected chi connectivity index (χ0v) is 17.9. The van der Waals surface area contributed by atoms with Crippen LogP contribution in [0.25, 0.3) is 5.76 Å². The van der Waals surface area contributed by atoms with Crippen LogP contribution in [0.2, 0.25) is 0 Å². The molecule has 0 spiro atoms. The van der Waals surface area contributed by atoms with Gasteiger partial charge in [0.2, 0.25) is 5.78 Å². The van der Waals surface area contributed by atoms with E-state index in [1.165, 1.54) is 9.80 Å². The second-order valence-corrected chi connectivity index (χ2v) is 7.65. The maximum absolute atomic E-state index is 13.2. The number of aromatic nitrogens is 1. The van der Waals surface area contributed by atoms with Gasteiger partial charge in [-0.25, -0.2) is 0 Å². The lowest BCUT2D eigenvalue weighted by Gasteiger charge is -2.27. The molecule has 0 aliphatic carbocycles. The lowest BCUT2D eigenvalue weighted by Crippen LogP contribution is -3.11. The molecular weight excluding hydrogens is 378 g/mol. The number of nitrogens with zero attached hydrogens (tertiary/aromatic N) is 2. The summed E-state index contributed by atoms with van der Waals surface area (Å²) in [5.74, 6) is -1.73. The van der Waals surface area contributed by atoms with Crippen molar-refractivity contribution in [3.63, 3.8) is 0 Å². The number of aryl methyl sites for hydroxylation is 1. The number of Topliss-reactive ketones (excluding diaryl/α,β-unsaturated/α-hetero) is 1. The molecule has 30 heavy (non-hydrogen) atoms. The highest BCUT2D eigenvalue weighted by molar-refractivity contribution is 6.46. The van der Waals surface area contributed by atoms with Crippen molar-refractivity contribution in [1.82, 2.24) is 9.88 Å². The van der Waals surface area contributed by atoms with Crippen molar-refractivity contribution in [3.05, 3.63) is 71.1 Å². The minimum Gasteiger partial charge on any atom is -0.872 e. The first-order valence-corrected chi connectivity index (χ1v) is 10.6. The van der Waals surface area contributed by atoms with E-state index in [4.69, 9.17) is 0 Å². The third kappa shape index (κ3) is 4.44. The first-order chi connectivity index (χ1) is 14.5. The molecule has 1 N–H and O–H groups in total. The molecule has 1 saturated heterocycles. The lowest BCUT2D eigenvalue weighted by atomic mass is 9.98. The van der Waals surface area contributed by atoms with Crippen LogP contribution in [0.5, 0.6) is 0 Å². The number of carbonyl (C=O) groups is 2. The Morgan fingerprint density at radius 3 is 2.40 bits per heavy atom. The van der Waals surface area contributed by atoms with Crippen LogP contribution >= 0.6 is 0 Å². The van der Waals surface area contributed by atoms with Gasteiger partial charge in [-0.2, -0.15) is 0 Å². The second kappa shape index (κ2) is 9.67. The topological polar surface area (TPSA) is 77.8 Å². The molecule has 1 unspecified atom stereocenters. The van der Waals surface area contributed by atoms with E-state index in [0.29, 0.717) is 17.8 Å². The average Bonchev–Trinajstić information content (AvgIpc) is 3.02. The number of pyridine rings is 1. The summed E-state index contributed by atoms with van der Waals surface area (Å²) in [6.07, 6.45) is 2.38. The Hall–Kier alpha value is -2.99. The number of hydrogen-bond donors (Lipinski definition) is 1. The van der Waals surface area contributed by atoms with E-state index in [1.54, 1.807) is 30.5 Å². The van der Waals surface area contributed by atoms with E-state index >= 15 is 0 Å². The van der Waals surface area contributed by atoms with Crippen LogP contribution in [0.15, 0.2) is 54.2 Å². The average molecular weight is 408 g/mol. The van der Waals surface area contributed by atoms with Crippen LogP contribution in [-0.2, 0) is 9.59 Å². The minimum atomic E-state index is -0.744. The van der Waals surface area contributed by atoms with Crippen LogP contribution < -0.4 is 10.0 Å². The summed E-state index contributed by atoms with van der Waals surface area (Å²) < 4.78 is 0. The van der Waals surface area contributed by atoms with Crippen LogP contribution in [0.1, 0.15) is 43.1 Å². The van der Waals surface area contributed by atoms with E-state index in [9.17, 15) is 14.7 Å². The standard InChI is InChI=1S/C24H29N3O3/c1-4-26(5-2)15-8-16-27-21(19-9-6-7-14-25-19)20(23(29)24(27)30)22(28)18-12-10-17(3)11-13-18/h6-7,9-14,21,28H,4-5,8,15-16H2,1-3H3. The van der Waals surface area contributed by atoms with E-state index < -0.39 is 23.5 Å². The van der Waals surface area contributed by atoms with Crippen molar-refractivity contribution >= 4 is 17.4 Å². The normalized spacial score (nSPS) is 18.4. The Kier molecular flexibility index (Phi) is 7.00. The molecule has 6 nitrogen and oxygen atoms in total. The van der Waals surface area contributed by atoms with Gasteiger partial charge in [-0.15, -0.1) is 0 Å². The van der Waals surface area contributed by atoms with Gasteiger partial charge < -0.3 is 14.9 Å². The molecule has 1 fully saturated rings. The largest absolute Gasteiger partial charge is 0.872 e. The zero-order chi connectivity index (χ0) is 21.7. The van der Waals surface area contributed by atoms with Crippen molar-refractivity contribution < 1.29 is 19.6 Å². The number of rotatable bonds is 8. The quantitative estimate of drug-likeness (QED) is 0.401. The smallest absolute Gasteiger partial charge is 0.295 e. The predicted molar refractivity (Wildman–Crippen MR) is 113 cm³/mol. The maximum atomic E-state index is 13.2. The highest BCUT2D eigenvalue weighted by atomic mass is 16.3. The number of carbonyl (C=O) groups excluding carboxylic acids is 2. The third-order valence-electron chi connectivity index (χ3n) is 5.74. The summed E-state index contributed by atoms with van der Waals surface area (Å²) in [6, 6.07) is 11.7. The highest BCUT2D eigenvalue weighted by Crippen LogP contribution is 2.37. The summed E-state index contributed by atoms with van der Waals surface area (Å²) in [5.41, 5.74) is 1.97. The van der Waals surface area contributed by atoms with Gasteiger partial charge in [0.25, 0.3) is 5.91 Å². The van der Waals surface area contributed by atoms with E-state index in [0.717, 1.165) is 31.6 Å². The fourth-order valence-electron chi connectivity index (χ4n) is 3.91. The molecule has 158 valence electrons. The number of amides is 1. The maximum Gasteiger partial charge on any atom is 0.295 e. The third-order valence-corrected chi connectivity index (χ3v) is 5.74. The first kappa shape index (κ1) is 21.7. The van der Waals surface area contributed by atoms with Gasteiger partial charge in [0, 0.05) is 24.7 Å². The molecule has 0 saturated carbocycles. The Morgan fingerprint density at radius 2 is 1.80 bits per heavy atom. The van der Waals surface area contributed by atoms with Gasteiger partial charge in [-0.1, -0.05) is 41.7 Å². The SMILES string of the molecule is CC[NH+](CC)CCCN1C(=O)C(=O)C(=C([O-])c2ccc(C)cc2)C1c1ccccn1. The molecule has 2 heterocycles. The molecule has 1 aromatic carbocycles. The van der Waals surface area contributed by atoms with E-state index in [2.05, 4.69) is 18.8 Å². The van der Waals surface area contributed by atoms with Gasteiger partial charge in [-0.3, -0.25) is 14.6 Å². The lowest BCUT2D eigenvalue weighted by molar-refractivity contribution is -0.896. The number of ketones is 1. The molecule has 1 amide bonds. The Bertz CT molecular complexity index is 918. The van der Waals surface area contributed by atoms with Crippen LogP contribution in [0, 0.1) is 6.92 Å². The van der Waals surface area contributed by atoms with Crippen molar-refractivity contribution in [2.24, 2.45) is 0 Å². The molecule has 1 aliphatic rings. The second-order valence-electron chi connectivity index (χ2n) is 7.65. The van der Waals surface area contributed by atoms with Gasteiger partial charge >= 0.3 is 0 Å². The number of nitrogens with one attached hydrogen (secondary N) is 1. The molecule has 6 heteroatoms. The Balaban J connectivity index is 1.99. The van der Waals surface area contributed by atoms with Crippen molar-refractivity contribution in [2.75, 3.05) is 26.2 Å². The summed E-state index contributed by atoms with van der Waals surface area (Å²) in [6.45, 7) is 9.54. The fourth-order valence-corrected chi connectivity index (χ4v) is 3.91. The van der Waals surface area contributed by atoms with Crippen molar-refractivity contribution in [1.29, 1.82) is 0 Å². The molecular formula is C24H29N3O3. The molecule has 1 aliphatic heterocycles. The molecule has 0 radical (unpaired) electrons. The summed E-state index contributed by atoms with van der Waals surface area (Å²) in [7, 11) is 0. The fraction of sp³-hybridized carbons (Fsp3) is 0.375. The van der Waals surface area contributed by atoms with Crippen LogP contribution in [-0.4, -0.2) is 47.8 Å². The summed E-state index contributed by atoms with van der Waals surface area (Å²) in [4.78, 5) is 33.1. The summed E-state index contributed by atoms with van der Waals surface area (Å²) >= 11 is 0. The number of hydrogen-bond acceptors (Lipinski definition) is 4.